The van der Waals surface area contributed by atoms with Crippen molar-refractivity contribution in [3.63, 3.8) is 0 Å². The SMILES string of the molecule is N#CC1CCN(Cc2cnc[nH]2)CC1. The molecular formula is C10H14N4. The molecule has 0 radical (unpaired) electrons. The van der Waals surface area contributed by atoms with Gasteiger partial charge in [-0.05, 0) is 25.9 Å². The summed E-state index contributed by atoms with van der Waals surface area (Å²) < 4.78 is 0. The van der Waals surface area contributed by atoms with Gasteiger partial charge in [0, 0.05) is 24.4 Å². The van der Waals surface area contributed by atoms with Gasteiger partial charge < -0.3 is 4.98 Å². The summed E-state index contributed by atoms with van der Waals surface area (Å²) in [5, 5.41) is 8.75. The first-order chi connectivity index (χ1) is 6.88. The Bertz CT molecular complexity index is 303. The van der Waals surface area contributed by atoms with Crippen molar-refractivity contribution in [3.8, 4) is 6.07 Å². The van der Waals surface area contributed by atoms with Crippen molar-refractivity contribution in [1.82, 2.24) is 14.9 Å². The van der Waals surface area contributed by atoms with E-state index < -0.39 is 0 Å². The Kier molecular flexibility index (Phi) is 2.80. The molecule has 0 atom stereocenters. The van der Waals surface area contributed by atoms with Gasteiger partial charge in [-0.1, -0.05) is 0 Å². The van der Waals surface area contributed by atoms with Crippen molar-refractivity contribution in [2.45, 2.75) is 19.4 Å². The first kappa shape index (κ1) is 9.22. The zero-order valence-electron chi connectivity index (χ0n) is 8.11. The predicted molar refractivity (Wildman–Crippen MR) is 52.2 cm³/mol. The lowest BCUT2D eigenvalue weighted by Crippen LogP contribution is -2.32. The topological polar surface area (TPSA) is 55.7 Å². The second-order valence-electron chi connectivity index (χ2n) is 3.76. The lowest BCUT2D eigenvalue weighted by molar-refractivity contribution is 0.196. The molecule has 1 aromatic heterocycles. The van der Waals surface area contributed by atoms with Gasteiger partial charge in [0.25, 0.3) is 0 Å². The highest BCUT2D eigenvalue weighted by Crippen LogP contribution is 2.17. The quantitative estimate of drug-likeness (QED) is 0.761. The second kappa shape index (κ2) is 4.25. The summed E-state index contributed by atoms with van der Waals surface area (Å²) in [5.74, 6) is 0.271. The Morgan fingerprint density at radius 1 is 1.57 bits per heavy atom. The first-order valence-corrected chi connectivity index (χ1v) is 4.97. The van der Waals surface area contributed by atoms with Gasteiger partial charge in [0.05, 0.1) is 12.4 Å². The Balaban J connectivity index is 1.82. The van der Waals surface area contributed by atoms with E-state index in [9.17, 15) is 0 Å². The zero-order valence-corrected chi connectivity index (χ0v) is 8.11. The third-order valence-electron chi connectivity index (χ3n) is 2.72. The Morgan fingerprint density at radius 3 is 2.93 bits per heavy atom. The number of nitriles is 1. The molecule has 2 rings (SSSR count). The summed E-state index contributed by atoms with van der Waals surface area (Å²) in [5.41, 5.74) is 1.15. The number of nitrogens with zero attached hydrogens (tertiary/aromatic N) is 3. The van der Waals surface area contributed by atoms with Crippen LogP contribution in [-0.4, -0.2) is 28.0 Å². The molecule has 0 saturated carbocycles. The van der Waals surface area contributed by atoms with Gasteiger partial charge in [-0.2, -0.15) is 5.26 Å². The molecular weight excluding hydrogens is 176 g/mol. The third-order valence-corrected chi connectivity index (χ3v) is 2.72. The molecule has 0 bridgehead atoms. The zero-order chi connectivity index (χ0) is 9.80. The third kappa shape index (κ3) is 2.12. The van der Waals surface area contributed by atoms with Crippen LogP contribution in [0.5, 0.6) is 0 Å². The second-order valence-corrected chi connectivity index (χ2v) is 3.76. The van der Waals surface area contributed by atoms with E-state index in [1.165, 1.54) is 0 Å². The van der Waals surface area contributed by atoms with Crippen molar-refractivity contribution in [1.29, 1.82) is 5.26 Å². The molecule has 0 aliphatic carbocycles. The largest absolute Gasteiger partial charge is 0.347 e. The van der Waals surface area contributed by atoms with Crippen molar-refractivity contribution >= 4 is 0 Å². The Hall–Kier alpha value is -1.34. The minimum Gasteiger partial charge on any atom is -0.347 e. The van der Waals surface area contributed by atoms with E-state index in [0.29, 0.717) is 0 Å². The summed E-state index contributed by atoms with van der Waals surface area (Å²) in [6.07, 6.45) is 5.57. The monoisotopic (exact) mass is 190 g/mol. The highest BCUT2D eigenvalue weighted by atomic mass is 15.1. The fourth-order valence-corrected chi connectivity index (χ4v) is 1.83. The lowest BCUT2D eigenvalue weighted by Gasteiger charge is -2.28. The lowest BCUT2D eigenvalue weighted by atomic mass is 9.99. The predicted octanol–water partition coefficient (Wildman–Crippen LogP) is 1.15. The fraction of sp³-hybridized carbons (Fsp3) is 0.600. The van der Waals surface area contributed by atoms with E-state index >= 15 is 0 Å². The normalized spacial score (nSPS) is 19.4. The Labute approximate surface area is 83.6 Å². The molecule has 1 fully saturated rings. The number of piperidine rings is 1. The number of aromatic nitrogens is 2. The molecule has 74 valence electrons. The molecule has 1 aromatic rings. The summed E-state index contributed by atoms with van der Waals surface area (Å²) in [4.78, 5) is 9.44. The summed E-state index contributed by atoms with van der Waals surface area (Å²) >= 11 is 0. The molecule has 0 amide bonds. The number of likely N-dealkylation sites (tertiary alicyclic amines) is 1. The minimum atomic E-state index is 0.271. The first-order valence-electron chi connectivity index (χ1n) is 4.97. The van der Waals surface area contributed by atoms with Crippen molar-refractivity contribution in [2.75, 3.05) is 13.1 Å². The molecule has 2 heterocycles. The van der Waals surface area contributed by atoms with Crippen LogP contribution < -0.4 is 0 Å². The van der Waals surface area contributed by atoms with Crippen LogP contribution in [0.1, 0.15) is 18.5 Å². The molecule has 14 heavy (non-hydrogen) atoms. The molecule has 0 unspecified atom stereocenters. The average Bonchev–Trinajstić information content (AvgIpc) is 2.72. The fourth-order valence-electron chi connectivity index (χ4n) is 1.83. The number of rotatable bonds is 2. The highest BCUT2D eigenvalue weighted by Gasteiger charge is 2.18. The van der Waals surface area contributed by atoms with Crippen LogP contribution in [0.15, 0.2) is 12.5 Å². The number of aromatic amines is 1. The van der Waals surface area contributed by atoms with Crippen LogP contribution in [-0.2, 0) is 6.54 Å². The smallest absolute Gasteiger partial charge is 0.0922 e. The van der Waals surface area contributed by atoms with Crippen LogP contribution in [0.3, 0.4) is 0 Å². The number of hydrogen-bond acceptors (Lipinski definition) is 3. The maximum Gasteiger partial charge on any atom is 0.0922 e. The van der Waals surface area contributed by atoms with Gasteiger partial charge in [0.2, 0.25) is 0 Å². The number of H-pyrrole nitrogens is 1. The van der Waals surface area contributed by atoms with Crippen LogP contribution in [0.2, 0.25) is 0 Å². The van der Waals surface area contributed by atoms with Gasteiger partial charge in [-0.25, -0.2) is 4.98 Å². The molecule has 0 spiro atoms. The van der Waals surface area contributed by atoms with E-state index in [1.54, 1.807) is 6.33 Å². The molecule has 4 nitrogen and oxygen atoms in total. The standard InChI is InChI=1S/C10H14N4/c11-5-9-1-3-14(4-2-9)7-10-6-12-8-13-10/h6,8-9H,1-4,7H2,(H,12,13). The Morgan fingerprint density at radius 2 is 2.36 bits per heavy atom. The van der Waals surface area contributed by atoms with Gasteiger partial charge in [-0.3, -0.25) is 4.90 Å². The molecule has 1 N–H and O–H groups in total. The molecule has 0 aromatic carbocycles. The van der Waals surface area contributed by atoms with Crippen molar-refractivity contribution < 1.29 is 0 Å². The maximum absolute atomic E-state index is 8.75. The van der Waals surface area contributed by atoms with Crippen LogP contribution in [0.4, 0.5) is 0 Å². The van der Waals surface area contributed by atoms with Gasteiger partial charge in [-0.15, -0.1) is 0 Å². The maximum atomic E-state index is 8.75. The summed E-state index contributed by atoms with van der Waals surface area (Å²) in [6, 6.07) is 2.34. The molecule has 1 aliphatic rings. The number of hydrogen-bond donors (Lipinski definition) is 1. The van der Waals surface area contributed by atoms with Crippen LogP contribution >= 0.6 is 0 Å². The summed E-state index contributed by atoms with van der Waals surface area (Å²) in [7, 11) is 0. The molecule has 1 aliphatic heterocycles. The number of nitrogens with one attached hydrogen (secondary N) is 1. The van der Waals surface area contributed by atoms with E-state index in [2.05, 4.69) is 20.9 Å². The van der Waals surface area contributed by atoms with E-state index in [-0.39, 0.29) is 5.92 Å². The van der Waals surface area contributed by atoms with E-state index in [0.717, 1.165) is 38.2 Å². The van der Waals surface area contributed by atoms with Crippen molar-refractivity contribution in [3.05, 3.63) is 18.2 Å². The summed E-state index contributed by atoms with van der Waals surface area (Å²) in [6.45, 7) is 2.98. The van der Waals surface area contributed by atoms with Crippen LogP contribution in [0.25, 0.3) is 0 Å². The van der Waals surface area contributed by atoms with Crippen molar-refractivity contribution in [2.24, 2.45) is 5.92 Å². The van der Waals surface area contributed by atoms with E-state index in [4.69, 9.17) is 5.26 Å². The van der Waals surface area contributed by atoms with Gasteiger partial charge >= 0.3 is 0 Å². The molecule has 4 heteroatoms. The molecule has 1 saturated heterocycles. The number of imidazole rings is 1. The average molecular weight is 190 g/mol. The minimum absolute atomic E-state index is 0.271. The van der Waals surface area contributed by atoms with Crippen LogP contribution in [0, 0.1) is 17.2 Å². The van der Waals surface area contributed by atoms with Gasteiger partial charge in [0.15, 0.2) is 0 Å². The van der Waals surface area contributed by atoms with Gasteiger partial charge in [0.1, 0.15) is 0 Å². The highest BCUT2D eigenvalue weighted by molar-refractivity contribution is 4.95. The van der Waals surface area contributed by atoms with E-state index in [1.807, 2.05) is 6.20 Å².